The second-order valence-corrected chi connectivity index (χ2v) is 8.74. The van der Waals surface area contributed by atoms with Crippen LogP contribution in [0.2, 0.25) is 0 Å². The van der Waals surface area contributed by atoms with Gasteiger partial charge in [-0.1, -0.05) is 31.2 Å². The Morgan fingerprint density at radius 2 is 1.97 bits per heavy atom. The van der Waals surface area contributed by atoms with Crippen molar-refractivity contribution in [2.45, 2.75) is 32.7 Å². The van der Waals surface area contributed by atoms with Crippen molar-refractivity contribution in [3.63, 3.8) is 0 Å². The summed E-state index contributed by atoms with van der Waals surface area (Å²) in [5.74, 6) is 0.331. The van der Waals surface area contributed by atoms with E-state index in [-0.39, 0.29) is 11.8 Å². The molecule has 2 aromatic carbocycles. The van der Waals surface area contributed by atoms with Crippen molar-refractivity contribution >= 4 is 28.4 Å². The van der Waals surface area contributed by atoms with E-state index < -0.39 is 0 Å². The number of hydrogen-bond donors (Lipinski definition) is 3. The molecule has 0 aliphatic heterocycles. The van der Waals surface area contributed by atoms with Crippen LogP contribution in [0.1, 0.15) is 50.9 Å². The molecule has 166 valence electrons. The maximum absolute atomic E-state index is 13.0. The molecule has 2 heterocycles. The molecular weight excluding hydrogens is 412 g/mol. The molecule has 0 saturated heterocycles. The van der Waals surface area contributed by atoms with E-state index in [1.54, 1.807) is 18.3 Å². The van der Waals surface area contributed by atoms with E-state index in [4.69, 9.17) is 0 Å². The van der Waals surface area contributed by atoms with Crippen molar-refractivity contribution in [2.75, 3.05) is 5.32 Å². The van der Waals surface area contributed by atoms with Gasteiger partial charge in [-0.15, -0.1) is 0 Å². The van der Waals surface area contributed by atoms with Gasteiger partial charge in [0.1, 0.15) is 0 Å². The molecule has 0 saturated carbocycles. The molecule has 1 atom stereocenters. The van der Waals surface area contributed by atoms with Crippen molar-refractivity contribution in [1.29, 1.82) is 0 Å². The summed E-state index contributed by atoms with van der Waals surface area (Å²) in [5.41, 5.74) is 6.27. The van der Waals surface area contributed by atoms with Gasteiger partial charge in [-0.05, 0) is 66.6 Å². The second kappa shape index (κ2) is 8.90. The Labute approximate surface area is 192 Å². The smallest absolute Gasteiger partial charge is 0.257 e. The number of amides is 2. The number of fused-ring (bicyclic) bond motifs is 3. The van der Waals surface area contributed by atoms with Crippen LogP contribution in [0.4, 0.5) is 5.69 Å². The highest BCUT2D eigenvalue weighted by molar-refractivity contribution is 6.07. The van der Waals surface area contributed by atoms with E-state index in [0.29, 0.717) is 29.3 Å². The first-order valence-corrected chi connectivity index (χ1v) is 11.3. The van der Waals surface area contributed by atoms with Gasteiger partial charge < -0.3 is 15.6 Å². The van der Waals surface area contributed by atoms with Crippen molar-refractivity contribution in [3.8, 4) is 0 Å². The van der Waals surface area contributed by atoms with Crippen molar-refractivity contribution in [3.05, 3.63) is 94.9 Å². The van der Waals surface area contributed by atoms with Gasteiger partial charge in [0.15, 0.2) is 0 Å². The maximum atomic E-state index is 13.0. The monoisotopic (exact) mass is 438 g/mol. The number of hydrogen-bond acceptors (Lipinski definition) is 3. The quantitative estimate of drug-likeness (QED) is 0.415. The number of rotatable bonds is 5. The van der Waals surface area contributed by atoms with Crippen LogP contribution in [0.5, 0.6) is 0 Å². The normalized spacial score (nSPS) is 15.1. The number of carbonyl (C=O) groups excluding carboxylic acids is 2. The molecule has 1 aliphatic rings. The molecular formula is C27H26N4O2. The lowest BCUT2D eigenvalue weighted by molar-refractivity contribution is 0.0951. The SMILES string of the molecule is C[C@H]1CCc2[nH]c3c(C(=O)NCc4cccc(NC(=O)c5cccnc5)c4)cccc3c2C1. The third-order valence-electron chi connectivity index (χ3n) is 6.28. The number of aromatic nitrogens is 2. The summed E-state index contributed by atoms with van der Waals surface area (Å²) in [7, 11) is 0. The van der Waals surface area contributed by atoms with Crippen LogP contribution < -0.4 is 10.6 Å². The fourth-order valence-electron chi connectivity index (χ4n) is 4.54. The van der Waals surface area contributed by atoms with Gasteiger partial charge in [-0.2, -0.15) is 0 Å². The Bertz CT molecular complexity index is 1330. The van der Waals surface area contributed by atoms with Gasteiger partial charge in [0.25, 0.3) is 11.8 Å². The minimum atomic E-state index is -0.221. The molecule has 33 heavy (non-hydrogen) atoms. The summed E-state index contributed by atoms with van der Waals surface area (Å²) in [5, 5.41) is 7.06. The Kier molecular flexibility index (Phi) is 5.65. The molecule has 3 N–H and O–H groups in total. The zero-order valence-corrected chi connectivity index (χ0v) is 18.5. The summed E-state index contributed by atoms with van der Waals surface area (Å²) in [6.45, 7) is 2.65. The molecule has 0 unspecified atom stereocenters. The van der Waals surface area contributed by atoms with Crippen LogP contribution >= 0.6 is 0 Å². The van der Waals surface area contributed by atoms with Gasteiger partial charge in [0, 0.05) is 35.7 Å². The lowest BCUT2D eigenvalue weighted by Gasteiger charge is -2.17. The Hall–Kier alpha value is -3.93. The average molecular weight is 439 g/mol. The molecule has 1 aliphatic carbocycles. The predicted molar refractivity (Wildman–Crippen MR) is 129 cm³/mol. The molecule has 0 bridgehead atoms. The summed E-state index contributed by atoms with van der Waals surface area (Å²) in [4.78, 5) is 32.9. The number of para-hydroxylation sites is 1. The van der Waals surface area contributed by atoms with Gasteiger partial charge in [0.05, 0.1) is 16.6 Å². The number of nitrogens with one attached hydrogen (secondary N) is 3. The zero-order valence-electron chi connectivity index (χ0n) is 18.5. The highest BCUT2D eigenvalue weighted by Crippen LogP contribution is 2.33. The molecule has 5 rings (SSSR count). The molecule has 0 radical (unpaired) electrons. The Morgan fingerprint density at radius 1 is 1.09 bits per heavy atom. The summed E-state index contributed by atoms with van der Waals surface area (Å²) < 4.78 is 0. The number of carbonyl (C=O) groups is 2. The molecule has 2 aromatic heterocycles. The molecule has 0 spiro atoms. The van der Waals surface area contributed by atoms with E-state index >= 15 is 0 Å². The van der Waals surface area contributed by atoms with Gasteiger partial charge in [0.2, 0.25) is 0 Å². The van der Waals surface area contributed by atoms with E-state index in [1.807, 2.05) is 36.4 Å². The Morgan fingerprint density at radius 3 is 2.82 bits per heavy atom. The molecule has 6 heteroatoms. The second-order valence-electron chi connectivity index (χ2n) is 8.74. The van der Waals surface area contributed by atoms with E-state index in [0.717, 1.165) is 29.3 Å². The highest BCUT2D eigenvalue weighted by atomic mass is 16.2. The predicted octanol–water partition coefficient (Wildman–Crippen LogP) is 4.87. The van der Waals surface area contributed by atoms with Gasteiger partial charge >= 0.3 is 0 Å². The topological polar surface area (TPSA) is 86.9 Å². The third kappa shape index (κ3) is 4.37. The van der Waals surface area contributed by atoms with E-state index in [1.165, 1.54) is 23.9 Å². The number of anilines is 1. The summed E-state index contributed by atoms with van der Waals surface area (Å²) in [6.07, 6.45) is 6.42. The lowest BCUT2D eigenvalue weighted by Crippen LogP contribution is -2.23. The van der Waals surface area contributed by atoms with Crippen molar-refractivity contribution < 1.29 is 9.59 Å². The van der Waals surface area contributed by atoms with Crippen LogP contribution in [0.3, 0.4) is 0 Å². The minimum Gasteiger partial charge on any atom is -0.358 e. The standard InChI is InChI=1S/C27H26N4O2/c1-17-10-11-24-23(13-17)21-8-3-9-22(25(21)31-24)27(33)29-15-18-5-2-7-20(14-18)30-26(32)19-6-4-12-28-16-19/h2-9,12,14,16-17,31H,10-11,13,15H2,1H3,(H,29,33)(H,30,32)/t17-/m0/s1. The summed E-state index contributed by atoms with van der Waals surface area (Å²) >= 11 is 0. The van der Waals surface area contributed by atoms with Crippen LogP contribution in [-0.2, 0) is 19.4 Å². The number of pyridine rings is 1. The van der Waals surface area contributed by atoms with Crippen molar-refractivity contribution in [2.24, 2.45) is 5.92 Å². The molecule has 0 fully saturated rings. The van der Waals surface area contributed by atoms with E-state index in [2.05, 4.69) is 33.6 Å². The highest BCUT2D eigenvalue weighted by Gasteiger charge is 2.22. The number of nitrogens with zero attached hydrogens (tertiary/aromatic N) is 1. The number of benzene rings is 2. The minimum absolute atomic E-state index is 0.114. The first kappa shape index (κ1) is 20.9. The zero-order chi connectivity index (χ0) is 22.8. The third-order valence-corrected chi connectivity index (χ3v) is 6.28. The molecule has 4 aromatic rings. The van der Waals surface area contributed by atoms with Crippen LogP contribution in [0.25, 0.3) is 10.9 Å². The van der Waals surface area contributed by atoms with Crippen LogP contribution in [-0.4, -0.2) is 21.8 Å². The lowest BCUT2D eigenvalue weighted by atomic mass is 9.87. The number of aryl methyl sites for hydroxylation is 1. The average Bonchev–Trinajstić information content (AvgIpc) is 3.21. The van der Waals surface area contributed by atoms with Crippen LogP contribution in [0, 0.1) is 5.92 Å². The maximum Gasteiger partial charge on any atom is 0.257 e. The first-order chi connectivity index (χ1) is 16.1. The van der Waals surface area contributed by atoms with E-state index in [9.17, 15) is 9.59 Å². The first-order valence-electron chi connectivity index (χ1n) is 11.3. The molecule has 2 amide bonds. The fourth-order valence-corrected chi connectivity index (χ4v) is 4.54. The number of aromatic amines is 1. The largest absolute Gasteiger partial charge is 0.358 e. The van der Waals surface area contributed by atoms with Crippen LogP contribution in [0.15, 0.2) is 67.0 Å². The van der Waals surface area contributed by atoms with Crippen molar-refractivity contribution in [1.82, 2.24) is 15.3 Å². The fraction of sp³-hybridized carbons (Fsp3) is 0.222. The van der Waals surface area contributed by atoms with Gasteiger partial charge in [-0.25, -0.2) is 0 Å². The Balaban J connectivity index is 1.29. The number of H-pyrrole nitrogens is 1. The summed E-state index contributed by atoms with van der Waals surface area (Å²) in [6, 6.07) is 16.8. The van der Waals surface area contributed by atoms with Gasteiger partial charge in [-0.3, -0.25) is 14.6 Å². The molecule has 6 nitrogen and oxygen atoms in total.